The van der Waals surface area contributed by atoms with Gasteiger partial charge in [-0.25, -0.2) is 4.79 Å². The first-order valence-corrected chi connectivity index (χ1v) is 7.25. The summed E-state index contributed by atoms with van der Waals surface area (Å²) in [7, 11) is 0. The minimum absolute atomic E-state index is 0.0914. The fourth-order valence-corrected chi connectivity index (χ4v) is 2.25. The lowest BCUT2D eigenvalue weighted by molar-refractivity contribution is 0.0768. The zero-order valence-corrected chi connectivity index (χ0v) is 13.2. The van der Waals surface area contributed by atoms with Gasteiger partial charge in [0.1, 0.15) is 5.56 Å². The van der Waals surface area contributed by atoms with Crippen molar-refractivity contribution in [1.29, 1.82) is 0 Å². The summed E-state index contributed by atoms with van der Waals surface area (Å²) in [5.74, 6) is 0.000874. The van der Waals surface area contributed by atoms with Crippen LogP contribution >= 0.6 is 11.6 Å². The Bertz CT molecular complexity index is 520. The van der Waals surface area contributed by atoms with Crippen molar-refractivity contribution < 1.29 is 9.21 Å². The molecule has 0 atom stereocenters. The Morgan fingerprint density at radius 2 is 1.70 bits per heavy atom. The van der Waals surface area contributed by atoms with E-state index in [0.717, 1.165) is 0 Å². The third-order valence-electron chi connectivity index (χ3n) is 3.23. The third kappa shape index (κ3) is 3.33. The van der Waals surface area contributed by atoms with E-state index in [9.17, 15) is 9.59 Å². The predicted molar refractivity (Wildman–Crippen MR) is 80.8 cm³/mol. The first-order chi connectivity index (χ1) is 9.49. The van der Waals surface area contributed by atoms with Crippen LogP contribution in [0.5, 0.6) is 0 Å². The van der Waals surface area contributed by atoms with Crippen LogP contribution in [-0.2, 0) is 0 Å². The topological polar surface area (TPSA) is 53.8 Å². The molecule has 0 spiro atoms. The van der Waals surface area contributed by atoms with Crippen molar-refractivity contribution >= 4 is 23.4 Å². The second-order valence-corrected chi connectivity index (χ2v) is 4.65. The number of anilines is 1. The lowest BCUT2D eigenvalue weighted by atomic mass is 10.2. The van der Waals surface area contributed by atoms with Crippen LogP contribution in [0.3, 0.4) is 0 Å². The highest BCUT2D eigenvalue weighted by Crippen LogP contribution is 2.21. The maximum atomic E-state index is 12.2. The molecule has 0 fully saturated rings. The molecule has 0 aliphatic heterocycles. The molecule has 112 valence electrons. The van der Waals surface area contributed by atoms with E-state index in [0.29, 0.717) is 32.1 Å². The molecule has 1 aromatic rings. The molecule has 1 heterocycles. The first-order valence-electron chi connectivity index (χ1n) is 6.87. The van der Waals surface area contributed by atoms with Crippen molar-refractivity contribution in [1.82, 2.24) is 4.90 Å². The Labute approximate surface area is 124 Å². The van der Waals surface area contributed by atoms with Crippen LogP contribution in [0.1, 0.15) is 38.1 Å². The normalized spacial score (nSPS) is 10.4. The van der Waals surface area contributed by atoms with Gasteiger partial charge in [-0.1, -0.05) is 11.6 Å². The maximum absolute atomic E-state index is 12.2. The SMILES string of the molecule is CCN(CC)C(=O)c1c(Cl)cc(N(CC)CC)oc1=O. The number of carbonyl (C=O) groups excluding carboxylic acids is 1. The van der Waals surface area contributed by atoms with Crippen LogP contribution in [0.2, 0.25) is 5.02 Å². The van der Waals surface area contributed by atoms with Gasteiger partial charge >= 0.3 is 5.63 Å². The fourth-order valence-electron chi connectivity index (χ4n) is 2.00. The molecule has 5 nitrogen and oxygen atoms in total. The number of halogens is 1. The van der Waals surface area contributed by atoms with E-state index in [-0.39, 0.29) is 16.5 Å². The lowest BCUT2D eigenvalue weighted by Gasteiger charge is -2.21. The van der Waals surface area contributed by atoms with Crippen molar-refractivity contribution in [3.05, 3.63) is 27.1 Å². The molecule has 1 aromatic heterocycles. The lowest BCUT2D eigenvalue weighted by Crippen LogP contribution is -2.34. The van der Waals surface area contributed by atoms with Crippen molar-refractivity contribution in [3.8, 4) is 0 Å². The second-order valence-electron chi connectivity index (χ2n) is 4.24. The third-order valence-corrected chi connectivity index (χ3v) is 3.53. The summed E-state index contributed by atoms with van der Waals surface area (Å²) in [6.45, 7) is 10.0. The van der Waals surface area contributed by atoms with Gasteiger partial charge in [0.2, 0.25) is 5.88 Å². The number of rotatable bonds is 6. The molecular formula is C14H21ClN2O3. The van der Waals surface area contributed by atoms with Crippen molar-refractivity contribution in [2.75, 3.05) is 31.1 Å². The van der Waals surface area contributed by atoms with E-state index in [4.69, 9.17) is 16.0 Å². The Morgan fingerprint density at radius 3 is 2.10 bits per heavy atom. The molecule has 0 saturated carbocycles. The van der Waals surface area contributed by atoms with Gasteiger partial charge in [0.05, 0.1) is 5.02 Å². The highest BCUT2D eigenvalue weighted by molar-refractivity contribution is 6.33. The fraction of sp³-hybridized carbons (Fsp3) is 0.571. The zero-order chi connectivity index (χ0) is 15.3. The minimum Gasteiger partial charge on any atom is -0.406 e. The van der Waals surface area contributed by atoms with Crippen molar-refractivity contribution in [2.24, 2.45) is 0 Å². The average Bonchev–Trinajstić information content (AvgIpc) is 2.40. The summed E-state index contributed by atoms with van der Waals surface area (Å²) in [6.07, 6.45) is 0. The number of nitrogens with zero attached hydrogens (tertiary/aromatic N) is 2. The van der Waals surface area contributed by atoms with Gasteiger partial charge in [0.15, 0.2) is 0 Å². The van der Waals surface area contributed by atoms with Gasteiger partial charge in [0, 0.05) is 32.2 Å². The number of hydrogen-bond acceptors (Lipinski definition) is 4. The Balaban J connectivity index is 3.25. The van der Waals surface area contributed by atoms with Crippen LogP contribution in [0.4, 0.5) is 5.88 Å². The van der Waals surface area contributed by atoms with Gasteiger partial charge in [-0.05, 0) is 27.7 Å². The molecule has 1 amide bonds. The van der Waals surface area contributed by atoms with E-state index in [2.05, 4.69) is 0 Å². The van der Waals surface area contributed by atoms with Gasteiger partial charge in [-0.2, -0.15) is 0 Å². The van der Waals surface area contributed by atoms with Gasteiger partial charge in [0.25, 0.3) is 5.91 Å². The largest absolute Gasteiger partial charge is 0.406 e. The highest BCUT2D eigenvalue weighted by Gasteiger charge is 2.23. The molecule has 0 radical (unpaired) electrons. The Hall–Kier alpha value is -1.49. The first kappa shape index (κ1) is 16.6. The Morgan fingerprint density at radius 1 is 1.15 bits per heavy atom. The maximum Gasteiger partial charge on any atom is 0.351 e. The molecule has 0 unspecified atom stereocenters. The van der Waals surface area contributed by atoms with Crippen molar-refractivity contribution in [3.63, 3.8) is 0 Å². The molecule has 20 heavy (non-hydrogen) atoms. The molecule has 0 aliphatic carbocycles. The van der Waals surface area contributed by atoms with Crippen LogP contribution < -0.4 is 10.5 Å². The van der Waals surface area contributed by atoms with E-state index in [1.807, 2.05) is 32.6 Å². The predicted octanol–water partition coefficient (Wildman–Crippen LogP) is 2.62. The van der Waals surface area contributed by atoms with E-state index in [1.54, 1.807) is 0 Å². The minimum atomic E-state index is -0.684. The molecule has 0 bridgehead atoms. The smallest absolute Gasteiger partial charge is 0.351 e. The van der Waals surface area contributed by atoms with Crippen LogP contribution in [0.25, 0.3) is 0 Å². The molecule has 6 heteroatoms. The van der Waals surface area contributed by atoms with E-state index in [1.165, 1.54) is 11.0 Å². The van der Waals surface area contributed by atoms with Crippen LogP contribution in [-0.4, -0.2) is 37.0 Å². The zero-order valence-electron chi connectivity index (χ0n) is 12.4. The summed E-state index contributed by atoms with van der Waals surface area (Å²) in [6, 6.07) is 1.53. The average molecular weight is 301 g/mol. The summed E-state index contributed by atoms with van der Waals surface area (Å²) in [5, 5.41) is 0.139. The van der Waals surface area contributed by atoms with Gasteiger partial charge in [-0.15, -0.1) is 0 Å². The van der Waals surface area contributed by atoms with Crippen LogP contribution in [0, 0.1) is 0 Å². The summed E-state index contributed by atoms with van der Waals surface area (Å²) >= 11 is 6.11. The van der Waals surface area contributed by atoms with Crippen LogP contribution in [0.15, 0.2) is 15.3 Å². The van der Waals surface area contributed by atoms with Crippen molar-refractivity contribution in [2.45, 2.75) is 27.7 Å². The number of carbonyl (C=O) groups is 1. The summed E-state index contributed by atoms with van der Waals surface area (Å²) in [4.78, 5) is 27.7. The molecule has 0 aliphatic rings. The Kier molecular flexibility index (Phi) is 6.07. The van der Waals surface area contributed by atoms with E-state index < -0.39 is 5.63 Å². The number of amides is 1. The number of hydrogen-bond donors (Lipinski definition) is 0. The van der Waals surface area contributed by atoms with Gasteiger partial charge < -0.3 is 14.2 Å². The standard InChI is InChI=1S/C14H21ClN2O3/c1-5-16(6-2)11-9-10(15)12(14(19)20-11)13(18)17(7-3)8-4/h9H,5-8H2,1-4H3. The quantitative estimate of drug-likeness (QED) is 0.810. The highest BCUT2D eigenvalue weighted by atomic mass is 35.5. The van der Waals surface area contributed by atoms with E-state index >= 15 is 0 Å². The molecule has 0 N–H and O–H groups in total. The molecule has 0 saturated heterocycles. The second kappa shape index (κ2) is 7.33. The monoisotopic (exact) mass is 300 g/mol. The summed E-state index contributed by atoms with van der Waals surface area (Å²) < 4.78 is 5.23. The molecular weight excluding hydrogens is 280 g/mol. The van der Waals surface area contributed by atoms with Gasteiger partial charge in [-0.3, -0.25) is 4.79 Å². The summed E-state index contributed by atoms with van der Waals surface area (Å²) in [5.41, 5.74) is -0.775. The molecule has 0 aromatic carbocycles. The molecule has 1 rings (SSSR count).